The molecule has 94 valence electrons. The summed E-state index contributed by atoms with van der Waals surface area (Å²) in [5.74, 6) is 0.353. The predicted octanol–water partition coefficient (Wildman–Crippen LogP) is 1.85. The van der Waals surface area contributed by atoms with Crippen molar-refractivity contribution in [1.82, 2.24) is 4.98 Å². The van der Waals surface area contributed by atoms with Crippen LogP contribution in [0.5, 0.6) is 0 Å². The summed E-state index contributed by atoms with van der Waals surface area (Å²) in [6.45, 7) is 3.57. The Balaban J connectivity index is 3.01. The van der Waals surface area contributed by atoms with Crippen LogP contribution >= 0.6 is 11.6 Å². The van der Waals surface area contributed by atoms with E-state index in [1.165, 1.54) is 12.1 Å². The molecule has 0 aromatic carbocycles. The SMILES string of the molecule is CN(CC(C)(C)O)c1cc([N+](=O)[O-])cc(Cl)n1. The van der Waals surface area contributed by atoms with Gasteiger partial charge in [-0.25, -0.2) is 4.98 Å². The van der Waals surface area contributed by atoms with E-state index >= 15 is 0 Å². The summed E-state index contributed by atoms with van der Waals surface area (Å²) in [5.41, 5.74) is -1.05. The molecule has 0 saturated heterocycles. The fraction of sp³-hybridized carbons (Fsp3) is 0.500. The van der Waals surface area contributed by atoms with Gasteiger partial charge in [-0.3, -0.25) is 10.1 Å². The monoisotopic (exact) mass is 259 g/mol. The molecule has 0 bridgehead atoms. The van der Waals surface area contributed by atoms with Gasteiger partial charge in [0.15, 0.2) is 0 Å². The summed E-state index contributed by atoms with van der Waals surface area (Å²) < 4.78 is 0. The fourth-order valence-electron chi connectivity index (χ4n) is 1.43. The van der Waals surface area contributed by atoms with Crippen molar-refractivity contribution in [1.29, 1.82) is 0 Å². The molecule has 6 nitrogen and oxygen atoms in total. The van der Waals surface area contributed by atoms with Gasteiger partial charge in [-0.15, -0.1) is 0 Å². The molecule has 0 atom stereocenters. The average molecular weight is 260 g/mol. The molecule has 1 N–H and O–H groups in total. The zero-order valence-electron chi connectivity index (χ0n) is 9.85. The predicted molar refractivity (Wildman–Crippen MR) is 65.5 cm³/mol. The van der Waals surface area contributed by atoms with Crippen LogP contribution in [0.15, 0.2) is 12.1 Å². The number of nitrogens with zero attached hydrogens (tertiary/aromatic N) is 3. The van der Waals surface area contributed by atoms with E-state index in [0.29, 0.717) is 5.82 Å². The molecule has 0 spiro atoms. The number of nitro groups is 1. The van der Waals surface area contributed by atoms with E-state index in [4.69, 9.17) is 11.6 Å². The number of anilines is 1. The van der Waals surface area contributed by atoms with Gasteiger partial charge in [0, 0.05) is 13.6 Å². The van der Waals surface area contributed by atoms with E-state index in [0.717, 1.165) is 0 Å². The third kappa shape index (κ3) is 4.16. The molecule has 0 amide bonds. The second-order valence-electron chi connectivity index (χ2n) is 4.43. The Labute approximate surface area is 104 Å². The molecular formula is C10H14ClN3O3. The van der Waals surface area contributed by atoms with Crippen molar-refractivity contribution in [3.8, 4) is 0 Å². The molecule has 1 aromatic heterocycles. The molecule has 0 aliphatic heterocycles. The summed E-state index contributed by atoms with van der Waals surface area (Å²) >= 11 is 5.70. The normalized spacial score (nSPS) is 11.4. The van der Waals surface area contributed by atoms with Crippen LogP contribution in [0.4, 0.5) is 11.5 Å². The molecule has 0 aliphatic carbocycles. The van der Waals surface area contributed by atoms with Crippen LogP contribution in [0.3, 0.4) is 0 Å². The molecular weight excluding hydrogens is 246 g/mol. The molecule has 0 unspecified atom stereocenters. The van der Waals surface area contributed by atoms with Gasteiger partial charge in [-0.2, -0.15) is 0 Å². The molecule has 1 aromatic rings. The van der Waals surface area contributed by atoms with Crippen LogP contribution in [-0.4, -0.2) is 34.2 Å². The molecule has 7 heteroatoms. The van der Waals surface area contributed by atoms with Gasteiger partial charge < -0.3 is 10.0 Å². The van der Waals surface area contributed by atoms with E-state index in [-0.39, 0.29) is 17.4 Å². The van der Waals surface area contributed by atoms with E-state index in [9.17, 15) is 15.2 Å². The van der Waals surface area contributed by atoms with E-state index in [2.05, 4.69) is 4.98 Å². The van der Waals surface area contributed by atoms with Crippen LogP contribution in [-0.2, 0) is 0 Å². The van der Waals surface area contributed by atoms with Gasteiger partial charge in [0.1, 0.15) is 11.0 Å². The Morgan fingerprint density at radius 1 is 1.59 bits per heavy atom. The number of aliphatic hydroxyl groups is 1. The van der Waals surface area contributed by atoms with Gasteiger partial charge in [-0.05, 0) is 13.8 Å². The maximum atomic E-state index is 10.7. The zero-order chi connectivity index (χ0) is 13.2. The van der Waals surface area contributed by atoms with E-state index in [1.54, 1.807) is 25.8 Å². The minimum absolute atomic E-state index is 0.0526. The van der Waals surface area contributed by atoms with Gasteiger partial charge >= 0.3 is 0 Å². The molecule has 0 radical (unpaired) electrons. The molecule has 0 fully saturated rings. The van der Waals surface area contributed by atoms with Crippen LogP contribution in [0.1, 0.15) is 13.8 Å². The van der Waals surface area contributed by atoms with Crippen molar-refractivity contribution in [2.24, 2.45) is 0 Å². The van der Waals surface area contributed by atoms with Crippen molar-refractivity contribution in [3.05, 3.63) is 27.4 Å². The summed E-state index contributed by atoms with van der Waals surface area (Å²) in [4.78, 5) is 15.7. The van der Waals surface area contributed by atoms with Crippen LogP contribution < -0.4 is 4.90 Å². The number of hydrogen-bond acceptors (Lipinski definition) is 5. The van der Waals surface area contributed by atoms with Crippen LogP contribution in [0, 0.1) is 10.1 Å². The topological polar surface area (TPSA) is 79.5 Å². The molecule has 0 aliphatic rings. The Morgan fingerprint density at radius 2 is 2.18 bits per heavy atom. The first-order chi connectivity index (χ1) is 7.69. The summed E-state index contributed by atoms with van der Waals surface area (Å²) in [5, 5.41) is 20.4. The fourth-order valence-corrected chi connectivity index (χ4v) is 1.63. The molecule has 1 heterocycles. The van der Waals surface area contributed by atoms with Gasteiger partial charge in [0.25, 0.3) is 5.69 Å². The lowest BCUT2D eigenvalue weighted by Gasteiger charge is -2.26. The van der Waals surface area contributed by atoms with Crippen molar-refractivity contribution in [2.75, 3.05) is 18.5 Å². The quantitative estimate of drug-likeness (QED) is 0.507. The first kappa shape index (κ1) is 13.7. The van der Waals surface area contributed by atoms with Crippen LogP contribution in [0.2, 0.25) is 5.15 Å². The lowest BCUT2D eigenvalue weighted by molar-refractivity contribution is -0.384. The van der Waals surface area contributed by atoms with Gasteiger partial charge in [-0.1, -0.05) is 11.6 Å². The average Bonchev–Trinajstić information content (AvgIpc) is 2.13. The Morgan fingerprint density at radius 3 is 2.65 bits per heavy atom. The number of likely N-dealkylation sites (N-methyl/N-ethyl adjacent to an activating group) is 1. The molecule has 1 rings (SSSR count). The standard InChI is InChI=1S/C10H14ClN3O3/c1-10(2,15)6-13(3)9-5-7(14(16)17)4-8(11)12-9/h4-5,15H,6H2,1-3H3. The summed E-state index contributed by atoms with van der Waals surface area (Å²) in [6.07, 6.45) is 0. The highest BCUT2D eigenvalue weighted by Crippen LogP contribution is 2.23. The maximum Gasteiger partial charge on any atom is 0.276 e. The Bertz CT molecular complexity index is 431. The van der Waals surface area contributed by atoms with Crippen molar-refractivity contribution >= 4 is 23.1 Å². The third-order valence-electron chi connectivity index (χ3n) is 1.99. The first-order valence-corrected chi connectivity index (χ1v) is 5.32. The summed E-state index contributed by atoms with van der Waals surface area (Å²) in [7, 11) is 1.68. The third-order valence-corrected chi connectivity index (χ3v) is 2.18. The number of aromatic nitrogens is 1. The second kappa shape index (κ2) is 4.85. The highest BCUT2D eigenvalue weighted by molar-refractivity contribution is 6.29. The highest BCUT2D eigenvalue weighted by atomic mass is 35.5. The number of halogens is 1. The lowest BCUT2D eigenvalue weighted by atomic mass is 10.1. The van der Waals surface area contributed by atoms with Gasteiger partial charge in [0.2, 0.25) is 0 Å². The van der Waals surface area contributed by atoms with Gasteiger partial charge in [0.05, 0.1) is 22.7 Å². The Hall–Kier alpha value is -1.40. The van der Waals surface area contributed by atoms with E-state index < -0.39 is 10.5 Å². The minimum Gasteiger partial charge on any atom is -0.389 e. The smallest absolute Gasteiger partial charge is 0.276 e. The first-order valence-electron chi connectivity index (χ1n) is 4.94. The van der Waals surface area contributed by atoms with Crippen LogP contribution in [0.25, 0.3) is 0 Å². The van der Waals surface area contributed by atoms with Crippen molar-refractivity contribution in [3.63, 3.8) is 0 Å². The maximum absolute atomic E-state index is 10.7. The second-order valence-corrected chi connectivity index (χ2v) is 4.82. The highest BCUT2D eigenvalue weighted by Gasteiger charge is 2.19. The number of rotatable bonds is 4. The van der Waals surface area contributed by atoms with E-state index in [1.807, 2.05) is 0 Å². The summed E-state index contributed by atoms with van der Waals surface area (Å²) in [6, 6.07) is 2.50. The number of pyridine rings is 1. The van der Waals surface area contributed by atoms with Crippen molar-refractivity contribution in [2.45, 2.75) is 19.4 Å². The Kier molecular flexibility index (Phi) is 3.90. The number of hydrogen-bond donors (Lipinski definition) is 1. The van der Waals surface area contributed by atoms with Crippen molar-refractivity contribution < 1.29 is 10.0 Å². The molecule has 17 heavy (non-hydrogen) atoms. The lowest BCUT2D eigenvalue weighted by Crippen LogP contribution is -2.36. The minimum atomic E-state index is -0.923. The zero-order valence-corrected chi connectivity index (χ0v) is 10.6. The largest absolute Gasteiger partial charge is 0.389 e. The molecule has 0 saturated carbocycles.